The van der Waals surface area contributed by atoms with Gasteiger partial charge in [-0.05, 0) is 54.2 Å². The highest BCUT2D eigenvalue weighted by Crippen LogP contribution is 2.41. The van der Waals surface area contributed by atoms with Gasteiger partial charge in [-0.1, -0.05) is 35.9 Å². The van der Waals surface area contributed by atoms with Crippen LogP contribution < -0.4 is 11.1 Å². The maximum Gasteiger partial charge on any atom is 0.251 e. The lowest BCUT2D eigenvalue weighted by atomic mass is 10.0. The molecule has 1 aliphatic rings. The van der Waals surface area contributed by atoms with Gasteiger partial charge in [-0.3, -0.25) is 4.79 Å². The number of nitrogens with one attached hydrogen (secondary N) is 1. The van der Waals surface area contributed by atoms with Crippen LogP contribution in [0.5, 0.6) is 0 Å². The molecule has 0 spiro atoms. The van der Waals surface area contributed by atoms with Gasteiger partial charge in [0.1, 0.15) is 0 Å². The molecule has 1 unspecified atom stereocenters. The number of carbonyl (C=O) groups excluding carboxylic acids is 1. The van der Waals surface area contributed by atoms with E-state index in [1.54, 1.807) is 0 Å². The molecule has 2 aromatic carbocycles. The van der Waals surface area contributed by atoms with Crippen LogP contribution >= 0.6 is 11.6 Å². The Morgan fingerprint density at radius 1 is 1.14 bits per heavy atom. The third-order valence-electron chi connectivity index (χ3n) is 4.06. The number of hydrogen-bond donors (Lipinski definition) is 2. The number of rotatable bonds is 5. The van der Waals surface area contributed by atoms with Gasteiger partial charge in [0.15, 0.2) is 0 Å². The molecule has 0 bridgehead atoms. The zero-order valence-corrected chi connectivity index (χ0v) is 13.0. The summed E-state index contributed by atoms with van der Waals surface area (Å²) in [5, 5.41) is 3.87. The molecule has 0 aliphatic heterocycles. The van der Waals surface area contributed by atoms with Crippen molar-refractivity contribution in [3.05, 3.63) is 70.2 Å². The molecule has 22 heavy (non-hydrogen) atoms. The molecule has 3 rings (SSSR count). The van der Waals surface area contributed by atoms with Gasteiger partial charge < -0.3 is 11.1 Å². The Morgan fingerprint density at radius 2 is 1.77 bits per heavy atom. The first-order valence-corrected chi connectivity index (χ1v) is 7.90. The molecule has 4 heteroatoms. The van der Waals surface area contributed by atoms with E-state index in [4.69, 9.17) is 17.3 Å². The second-order valence-electron chi connectivity index (χ2n) is 5.74. The molecule has 1 amide bonds. The normalized spacial score (nSPS) is 15.4. The molecule has 3 nitrogen and oxygen atoms in total. The lowest BCUT2D eigenvalue weighted by Gasteiger charge is -2.19. The van der Waals surface area contributed by atoms with E-state index in [-0.39, 0.29) is 11.9 Å². The van der Waals surface area contributed by atoms with E-state index in [9.17, 15) is 4.79 Å². The van der Waals surface area contributed by atoms with Crippen LogP contribution in [0.25, 0.3) is 0 Å². The van der Waals surface area contributed by atoms with Crippen LogP contribution in [-0.4, -0.2) is 5.91 Å². The fourth-order valence-corrected chi connectivity index (χ4v) is 2.72. The van der Waals surface area contributed by atoms with Gasteiger partial charge in [0.05, 0.1) is 6.04 Å². The van der Waals surface area contributed by atoms with Crippen molar-refractivity contribution in [2.75, 3.05) is 0 Å². The van der Waals surface area contributed by atoms with E-state index in [1.165, 1.54) is 0 Å². The van der Waals surface area contributed by atoms with Crippen molar-refractivity contribution >= 4 is 17.5 Å². The van der Waals surface area contributed by atoms with Crippen molar-refractivity contribution in [2.24, 2.45) is 11.7 Å². The highest BCUT2D eigenvalue weighted by atomic mass is 35.5. The fourth-order valence-electron chi connectivity index (χ4n) is 2.59. The standard InChI is InChI=1S/C18H19ClN2O/c19-16-9-7-14(8-10-16)17(13-5-6-13)21-18(22)15-3-1-12(11-20)2-4-15/h1-4,7-10,13,17H,5-6,11,20H2,(H,21,22). The third kappa shape index (κ3) is 3.49. The van der Waals surface area contributed by atoms with E-state index in [0.717, 1.165) is 24.0 Å². The summed E-state index contributed by atoms with van der Waals surface area (Å²) < 4.78 is 0. The molecule has 1 atom stereocenters. The average Bonchev–Trinajstić information content (AvgIpc) is 3.38. The molecule has 0 saturated heterocycles. The number of carbonyl (C=O) groups is 1. The number of benzene rings is 2. The van der Waals surface area contributed by atoms with Gasteiger partial charge >= 0.3 is 0 Å². The van der Waals surface area contributed by atoms with Crippen molar-refractivity contribution in [1.82, 2.24) is 5.32 Å². The lowest BCUT2D eigenvalue weighted by molar-refractivity contribution is 0.0931. The quantitative estimate of drug-likeness (QED) is 0.884. The minimum atomic E-state index is -0.0459. The summed E-state index contributed by atoms with van der Waals surface area (Å²) in [6.07, 6.45) is 2.30. The number of hydrogen-bond acceptors (Lipinski definition) is 2. The van der Waals surface area contributed by atoms with Crippen molar-refractivity contribution < 1.29 is 4.79 Å². The Morgan fingerprint density at radius 3 is 2.32 bits per heavy atom. The van der Waals surface area contributed by atoms with E-state index < -0.39 is 0 Å². The van der Waals surface area contributed by atoms with E-state index in [0.29, 0.717) is 23.0 Å². The maximum atomic E-state index is 12.5. The summed E-state index contributed by atoms with van der Waals surface area (Å²) in [5.74, 6) is 0.476. The van der Waals surface area contributed by atoms with Crippen molar-refractivity contribution in [3.8, 4) is 0 Å². The molecule has 0 aromatic heterocycles. The van der Waals surface area contributed by atoms with Crippen molar-refractivity contribution in [3.63, 3.8) is 0 Å². The van der Waals surface area contributed by atoms with E-state index >= 15 is 0 Å². The molecule has 1 aliphatic carbocycles. The predicted octanol–water partition coefficient (Wildman–Crippen LogP) is 3.68. The molecular formula is C18H19ClN2O. The molecule has 2 aromatic rings. The summed E-state index contributed by atoms with van der Waals surface area (Å²) >= 11 is 5.94. The number of halogens is 1. The predicted molar refractivity (Wildman–Crippen MR) is 88.7 cm³/mol. The molecule has 0 heterocycles. The first-order valence-electron chi connectivity index (χ1n) is 7.52. The van der Waals surface area contributed by atoms with Crippen LogP contribution in [0.3, 0.4) is 0 Å². The average molecular weight is 315 g/mol. The summed E-state index contributed by atoms with van der Waals surface area (Å²) in [6.45, 7) is 0.484. The van der Waals surface area contributed by atoms with E-state index in [1.807, 2.05) is 48.5 Å². The highest BCUT2D eigenvalue weighted by molar-refractivity contribution is 6.30. The Labute approximate surface area is 135 Å². The van der Waals surface area contributed by atoms with Gasteiger partial charge in [0.25, 0.3) is 5.91 Å². The van der Waals surface area contributed by atoms with Crippen LogP contribution in [0.4, 0.5) is 0 Å². The first kappa shape index (κ1) is 15.1. The Kier molecular flexibility index (Phi) is 4.46. The summed E-state index contributed by atoms with van der Waals surface area (Å²) in [7, 11) is 0. The zero-order chi connectivity index (χ0) is 15.5. The molecule has 3 N–H and O–H groups in total. The fraction of sp³-hybridized carbons (Fsp3) is 0.278. The van der Waals surface area contributed by atoms with Crippen LogP contribution in [0.2, 0.25) is 5.02 Å². The first-order chi connectivity index (χ1) is 10.7. The lowest BCUT2D eigenvalue weighted by Crippen LogP contribution is -2.29. The van der Waals surface area contributed by atoms with Crippen molar-refractivity contribution in [1.29, 1.82) is 0 Å². The Bertz CT molecular complexity index is 648. The van der Waals surface area contributed by atoms with Gasteiger partial charge in [-0.25, -0.2) is 0 Å². The highest BCUT2D eigenvalue weighted by Gasteiger charge is 2.33. The van der Waals surface area contributed by atoms with Gasteiger partial charge in [-0.2, -0.15) is 0 Å². The smallest absolute Gasteiger partial charge is 0.251 e. The maximum absolute atomic E-state index is 12.5. The topological polar surface area (TPSA) is 55.1 Å². The number of amides is 1. The SMILES string of the molecule is NCc1ccc(C(=O)NC(c2ccc(Cl)cc2)C2CC2)cc1. The second kappa shape index (κ2) is 6.51. The molecule has 1 saturated carbocycles. The van der Waals surface area contributed by atoms with Crippen LogP contribution in [0.15, 0.2) is 48.5 Å². The molecule has 1 fully saturated rings. The Hall–Kier alpha value is -1.84. The van der Waals surface area contributed by atoms with Crippen LogP contribution in [-0.2, 0) is 6.54 Å². The summed E-state index contributed by atoms with van der Waals surface area (Å²) in [4.78, 5) is 12.5. The van der Waals surface area contributed by atoms with Crippen molar-refractivity contribution in [2.45, 2.75) is 25.4 Å². The minimum Gasteiger partial charge on any atom is -0.345 e. The monoisotopic (exact) mass is 314 g/mol. The summed E-state index contributed by atoms with van der Waals surface area (Å²) in [6, 6.07) is 15.2. The van der Waals surface area contributed by atoms with Crippen LogP contribution in [0.1, 0.15) is 40.4 Å². The summed E-state index contributed by atoms with van der Waals surface area (Å²) in [5.41, 5.74) is 8.38. The van der Waals surface area contributed by atoms with E-state index in [2.05, 4.69) is 5.32 Å². The minimum absolute atomic E-state index is 0.0459. The third-order valence-corrected chi connectivity index (χ3v) is 4.31. The van der Waals surface area contributed by atoms with Gasteiger partial charge in [0, 0.05) is 17.1 Å². The van der Waals surface area contributed by atoms with Gasteiger partial charge in [0.2, 0.25) is 0 Å². The van der Waals surface area contributed by atoms with Gasteiger partial charge in [-0.15, -0.1) is 0 Å². The molecular weight excluding hydrogens is 296 g/mol. The zero-order valence-electron chi connectivity index (χ0n) is 12.3. The van der Waals surface area contributed by atoms with Crippen LogP contribution in [0, 0.1) is 5.92 Å². The number of nitrogens with two attached hydrogens (primary N) is 1. The Balaban J connectivity index is 1.75. The largest absolute Gasteiger partial charge is 0.345 e. The molecule has 0 radical (unpaired) electrons. The molecule has 114 valence electrons. The second-order valence-corrected chi connectivity index (χ2v) is 6.18.